The van der Waals surface area contributed by atoms with Crippen molar-refractivity contribution in [1.82, 2.24) is 20.9 Å². The van der Waals surface area contributed by atoms with E-state index in [1.165, 1.54) is 5.56 Å². The van der Waals surface area contributed by atoms with Gasteiger partial charge in [0.1, 0.15) is 6.04 Å². The number of hydrogen-bond donors (Lipinski definition) is 3. The van der Waals surface area contributed by atoms with Crippen molar-refractivity contribution in [2.24, 2.45) is 0 Å². The first kappa shape index (κ1) is 19.9. The maximum absolute atomic E-state index is 13.0. The van der Waals surface area contributed by atoms with Crippen LogP contribution in [0.4, 0.5) is 0 Å². The lowest BCUT2D eigenvalue weighted by Crippen LogP contribution is -2.52. The molecule has 0 bridgehead atoms. The minimum absolute atomic E-state index is 0.129. The van der Waals surface area contributed by atoms with Gasteiger partial charge in [0.15, 0.2) is 0 Å². The van der Waals surface area contributed by atoms with E-state index in [0.717, 1.165) is 24.2 Å². The second kappa shape index (κ2) is 8.24. The highest BCUT2D eigenvalue weighted by Gasteiger charge is 2.39. The lowest BCUT2D eigenvalue weighted by molar-refractivity contribution is -0.136. The third-order valence-electron chi connectivity index (χ3n) is 6.68. The smallest absolute Gasteiger partial charge is 0.255 e. The van der Waals surface area contributed by atoms with Gasteiger partial charge in [-0.15, -0.1) is 0 Å². The molecule has 1 unspecified atom stereocenters. The van der Waals surface area contributed by atoms with Crippen LogP contribution in [0.2, 0.25) is 0 Å². The highest BCUT2D eigenvalue weighted by atomic mass is 16.2. The average molecular weight is 418 g/mol. The molecule has 3 aliphatic heterocycles. The third-order valence-corrected chi connectivity index (χ3v) is 6.68. The van der Waals surface area contributed by atoms with E-state index in [1.54, 1.807) is 4.90 Å². The van der Waals surface area contributed by atoms with Crippen LogP contribution in [-0.2, 0) is 22.7 Å². The highest BCUT2D eigenvalue weighted by molar-refractivity contribution is 6.05. The summed E-state index contributed by atoms with van der Waals surface area (Å²) in [6, 6.07) is 16.0. The molecule has 0 aromatic heterocycles. The van der Waals surface area contributed by atoms with E-state index in [-0.39, 0.29) is 24.1 Å². The Morgan fingerprint density at radius 2 is 1.84 bits per heavy atom. The fourth-order valence-corrected chi connectivity index (χ4v) is 5.00. The van der Waals surface area contributed by atoms with Crippen molar-refractivity contribution in [2.75, 3.05) is 13.1 Å². The Morgan fingerprint density at radius 1 is 1.00 bits per heavy atom. The van der Waals surface area contributed by atoms with Crippen LogP contribution < -0.4 is 16.0 Å². The van der Waals surface area contributed by atoms with Crippen LogP contribution >= 0.6 is 0 Å². The van der Waals surface area contributed by atoms with E-state index in [1.807, 2.05) is 24.3 Å². The molecule has 3 heterocycles. The number of carbonyl (C=O) groups is 3. The molecule has 0 spiro atoms. The molecule has 160 valence electrons. The lowest BCUT2D eigenvalue weighted by atomic mass is 9.94. The molecule has 7 heteroatoms. The van der Waals surface area contributed by atoms with Crippen LogP contribution in [-0.4, -0.2) is 47.8 Å². The second-order valence-corrected chi connectivity index (χ2v) is 8.51. The summed E-state index contributed by atoms with van der Waals surface area (Å²) in [4.78, 5) is 38.4. The molecule has 0 radical (unpaired) electrons. The summed E-state index contributed by atoms with van der Waals surface area (Å²) in [5.41, 5.74) is 4.04. The minimum atomic E-state index is -0.583. The van der Waals surface area contributed by atoms with Crippen molar-refractivity contribution in [3.05, 3.63) is 70.8 Å². The molecule has 0 saturated carbocycles. The van der Waals surface area contributed by atoms with E-state index in [0.29, 0.717) is 37.0 Å². The van der Waals surface area contributed by atoms with Gasteiger partial charge in [0.05, 0.1) is 0 Å². The zero-order chi connectivity index (χ0) is 21.4. The van der Waals surface area contributed by atoms with Crippen molar-refractivity contribution in [3.63, 3.8) is 0 Å². The van der Waals surface area contributed by atoms with E-state index in [2.05, 4.69) is 40.2 Å². The van der Waals surface area contributed by atoms with Gasteiger partial charge in [-0.05, 0) is 29.2 Å². The number of nitrogens with zero attached hydrogens (tertiary/aromatic N) is 1. The van der Waals surface area contributed by atoms with Gasteiger partial charge in [-0.25, -0.2) is 0 Å². The number of rotatable bonds is 5. The van der Waals surface area contributed by atoms with Crippen molar-refractivity contribution in [3.8, 4) is 0 Å². The van der Waals surface area contributed by atoms with Crippen molar-refractivity contribution < 1.29 is 14.4 Å². The predicted molar refractivity (Wildman–Crippen MR) is 115 cm³/mol. The normalized spacial score (nSPS) is 25.6. The Bertz CT molecular complexity index is 1020. The first-order chi connectivity index (χ1) is 15.1. The number of carbonyl (C=O) groups excluding carboxylic acids is 3. The van der Waals surface area contributed by atoms with Crippen LogP contribution in [0.3, 0.4) is 0 Å². The quantitative estimate of drug-likeness (QED) is 0.637. The maximum atomic E-state index is 13.0. The van der Waals surface area contributed by atoms with Crippen LogP contribution in [0, 0.1) is 0 Å². The fraction of sp³-hybridized carbons (Fsp3) is 0.375. The zero-order valence-electron chi connectivity index (χ0n) is 17.3. The molecule has 0 aliphatic carbocycles. The van der Waals surface area contributed by atoms with Gasteiger partial charge < -0.3 is 15.5 Å². The Balaban J connectivity index is 1.31. The number of fused-ring (bicyclic) bond motifs is 1. The van der Waals surface area contributed by atoms with Gasteiger partial charge in [0.2, 0.25) is 11.8 Å². The summed E-state index contributed by atoms with van der Waals surface area (Å²) in [5.74, 6) is -0.371. The summed E-state index contributed by atoms with van der Waals surface area (Å²) in [6.45, 7) is 2.91. The number of nitrogens with one attached hydrogen (secondary N) is 3. The van der Waals surface area contributed by atoms with E-state index in [4.69, 9.17) is 0 Å². The SMILES string of the molecule is O=C1CCC(N2Cc3c(CN[C@@H]4CNC[C@H]4c4ccccc4)cccc3C2=O)C(=O)N1. The average Bonchev–Trinajstić information content (AvgIpc) is 3.38. The molecule has 2 aromatic carbocycles. The zero-order valence-corrected chi connectivity index (χ0v) is 17.3. The van der Waals surface area contributed by atoms with E-state index in [9.17, 15) is 14.4 Å². The van der Waals surface area contributed by atoms with E-state index >= 15 is 0 Å². The van der Waals surface area contributed by atoms with Gasteiger partial charge in [0, 0.05) is 50.1 Å². The largest absolute Gasteiger partial charge is 0.322 e. The van der Waals surface area contributed by atoms with Crippen LogP contribution in [0.25, 0.3) is 0 Å². The molecule has 5 rings (SSSR count). The molecule has 31 heavy (non-hydrogen) atoms. The predicted octanol–water partition coefficient (Wildman–Crippen LogP) is 1.29. The Hall–Kier alpha value is -3.03. The number of benzene rings is 2. The van der Waals surface area contributed by atoms with Crippen molar-refractivity contribution >= 4 is 17.7 Å². The van der Waals surface area contributed by atoms with Crippen molar-refractivity contribution in [2.45, 2.75) is 43.9 Å². The molecule has 3 N–H and O–H groups in total. The minimum Gasteiger partial charge on any atom is -0.322 e. The number of hydrogen-bond acceptors (Lipinski definition) is 5. The van der Waals surface area contributed by atoms with E-state index < -0.39 is 6.04 Å². The fourth-order valence-electron chi connectivity index (χ4n) is 5.00. The Kier molecular flexibility index (Phi) is 5.29. The summed E-state index contributed by atoms with van der Waals surface area (Å²) in [7, 11) is 0. The third kappa shape index (κ3) is 3.75. The summed E-state index contributed by atoms with van der Waals surface area (Å²) >= 11 is 0. The first-order valence-electron chi connectivity index (χ1n) is 10.9. The molecule has 2 fully saturated rings. The summed E-state index contributed by atoms with van der Waals surface area (Å²) in [6.07, 6.45) is 0.644. The molecule has 2 aromatic rings. The second-order valence-electron chi connectivity index (χ2n) is 8.51. The molecule has 2 saturated heterocycles. The Morgan fingerprint density at radius 3 is 2.65 bits per heavy atom. The van der Waals surface area contributed by atoms with Gasteiger partial charge in [-0.1, -0.05) is 42.5 Å². The standard InChI is InChI=1S/C24H26N4O3/c29-22-10-9-21(23(30)27-22)28-14-19-16(7-4-8-17(19)24(28)31)11-26-20-13-25-12-18(20)15-5-2-1-3-6-15/h1-8,18,20-21,25-26H,9-14H2,(H,27,29,30)/t18-,20+,21?/m0/s1. The lowest BCUT2D eigenvalue weighted by Gasteiger charge is -2.29. The molecule has 7 nitrogen and oxygen atoms in total. The van der Waals surface area contributed by atoms with Crippen molar-refractivity contribution in [1.29, 1.82) is 0 Å². The first-order valence-corrected chi connectivity index (χ1v) is 10.9. The van der Waals surface area contributed by atoms with Gasteiger partial charge in [0.25, 0.3) is 5.91 Å². The Labute approximate surface area is 181 Å². The summed E-state index contributed by atoms with van der Waals surface area (Å²) in [5, 5.41) is 9.52. The van der Waals surface area contributed by atoms with Gasteiger partial charge in [-0.3, -0.25) is 19.7 Å². The van der Waals surface area contributed by atoms with Gasteiger partial charge in [-0.2, -0.15) is 0 Å². The number of amides is 3. The van der Waals surface area contributed by atoms with Crippen LogP contribution in [0.1, 0.15) is 45.8 Å². The molecule has 3 amide bonds. The van der Waals surface area contributed by atoms with Gasteiger partial charge >= 0.3 is 0 Å². The summed E-state index contributed by atoms with van der Waals surface area (Å²) < 4.78 is 0. The van der Waals surface area contributed by atoms with Crippen LogP contribution in [0.15, 0.2) is 48.5 Å². The van der Waals surface area contributed by atoms with Crippen LogP contribution in [0.5, 0.6) is 0 Å². The molecule has 3 aliphatic rings. The highest BCUT2D eigenvalue weighted by Crippen LogP contribution is 2.30. The maximum Gasteiger partial charge on any atom is 0.255 e. The monoisotopic (exact) mass is 418 g/mol. The molecular formula is C24H26N4O3. The number of piperidine rings is 1. The number of imide groups is 1. The molecular weight excluding hydrogens is 392 g/mol. The molecule has 3 atom stereocenters. The topological polar surface area (TPSA) is 90.5 Å².